The number of nitrogens with zero attached hydrogens (tertiary/aromatic N) is 2. The van der Waals surface area contributed by atoms with Crippen molar-refractivity contribution in [3.8, 4) is 5.75 Å². The monoisotopic (exact) mass is 403 g/mol. The number of benzene rings is 1. The van der Waals surface area contributed by atoms with Crippen LogP contribution in [0.25, 0.3) is 0 Å². The zero-order valence-electron chi connectivity index (χ0n) is 18.4. The van der Waals surface area contributed by atoms with Crippen molar-refractivity contribution < 1.29 is 14.3 Å². The first-order valence-corrected chi connectivity index (χ1v) is 11.0. The summed E-state index contributed by atoms with van der Waals surface area (Å²) in [7, 11) is 0. The lowest BCUT2D eigenvalue weighted by Crippen LogP contribution is -2.51. The fraction of sp³-hybridized carbons (Fsp3) is 0.696. The average molecular weight is 404 g/mol. The van der Waals surface area contributed by atoms with Crippen LogP contribution in [0.3, 0.4) is 0 Å². The number of hydrogen-bond acceptors (Lipinski definition) is 4. The van der Waals surface area contributed by atoms with Gasteiger partial charge in [0.2, 0.25) is 0 Å². The Bertz CT molecular complexity index is 671. The van der Waals surface area contributed by atoms with Gasteiger partial charge in [0.05, 0.1) is 12.7 Å². The minimum atomic E-state index is 0.0137. The molecule has 29 heavy (non-hydrogen) atoms. The maximum Gasteiger partial charge on any atom is 0.317 e. The van der Waals surface area contributed by atoms with Crippen LogP contribution in [-0.2, 0) is 4.74 Å². The molecule has 0 aliphatic carbocycles. The molecule has 0 spiro atoms. The first kappa shape index (κ1) is 21.9. The number of aryl methyl sites for hydroxylation is 2. The maximum atomic E-state index is 12.6. The summed E-state index contributed by atoms with van der Waals surface area (Å²) >= 11 is 0. The molecular weight excluding hydrogens is 366 g/mol. The number of ether oxygens (including phenoxy) is 2. The molecule has 6 nitrogen and oxygen atoms in total. The Hall–Kier alpha value is -1.79. The molecule has 2 saturated heterocycles. The number of morpholine rings is 1. The van der Waals surface area contributed by atoms with Crippen LogP contribution in [0.15, 0.2) is 18.2 Å². The van der Waals surface area contributed by atoms with Gasteiger partial charge < -0.3 is 19.7 Å². The van der Waals surface area contributed by atoms with Gasteiger partial charge in [-0.15, -0.1) is 0 Å². The number of likely N-dealkylation sites (tertiary alicyclic amines) is 1. The van der Waals surface area contributed by atoms with E-state index < -0.39 is 0 Å². The normalized spacial score (nSPS) is 21.4. The number of piperidine rings is 1. The van der Waals surface area contributed by atoms with Gasteiger partial charge in [-0.25, -0.2) is 4.79 Å². The van der Waals surface area contributed by atoms with E-state index in [0.29, 0.717) is 12.5 Å². The molecule has 1 N–H and O–H groups in total. The van der Waals surface area contributed by atoms with E-state index in [0.717, 1.165) is 63.5 Å². The van der Waals surface area contributed by atoms with Crippen LogP contribution < -0.4 is 10.1 Å². The molecule has 2 aliphatic rings. The molecule has 3 rings (SSSR count). The second-order valence-electron chi connectivity index (χ2n) is 8.91. The van der Waals surface area contributed by atoms with Gasteiger partial charge in [0.15, 0.2) is 0 Å². The second-order valence-corrected chi connectivity index (χ2v) is 8.91. The van der Waals surface area contributed by atoms with Crippen molar-refractivity contribution >= 4 is 6.03 Å². The fourth-order valence-electron chi connectivity index (χ4n) is 4.09. The van der Waals surface area contributed by atoms with Crippen molar-refractivity contribution in [2.45, 2.75) is 52.7 Å². The van der Waals surface area contributed by atoms with Crippen LogP contribution in [0.1, 0.15) is 37.8 Å². The van der Waals surface area contributed by atoms with E-state index in [1.807, 2.05) is 4.90 Å². The molecule has 1 unspecified atom stereocenters. The number of nitrogens with one attached hydrogen (secondary N) is 1. The maximum absolute atomic E-state index is 12.6. The zero-order chi connectivity index (χ0) is 20.8. The Kier molecular flexibility index (Phi) is 7.78. The highest BCUT2D eigenvalue weighted by Crippen LogP contribution is 2.24. The van der Waals surface area contributed by atoms with Crippen LogP contribution >= 0.6 is 0 Å². The predicted molar refractivity (Wildman–Crippen MR) is 116 cm³/mol. The molecule has 2 aliphatic heterocycles. The Morgan fingerprint density at radius 1 is 1.24 bits per heavy atom. The van der Waals surface area contributed by atoms with E-state index in [2.05, 4.69) is 56.1 Å². The lowest BCUT2D eigenvalue weighted by atomic mass is 10.1. The summed E-state index contributed by atoms with van der Waals surface area (Å²) in [6.07, 6.45) is 1.98. The summed E-state index contributed by atoms with van der Waals surface area (Å²) in [5.41, 5.74) is 2.37. The second kappa shape index (κ2) is 10.3. The SMILES string of the molecule is Cc1ccc(C)c(OC2CCN(C(=O)NCC3CN(CC(C)C)CCO3)CC2)c1. The highest BCUT2D eigenvalue weighted by Gasteiger charge is 2.26. The highest BCUT2D eigenvalue weighted by atomic mass is 16.5. The number of amides is 2. The fourth-order valence-corrected chi connectivity index (χ4v) is 4.09. The van der Waals surface area contributed by atoms with E-state index in [4.69, 9.17) is 9.47 Å². The minimum Gasteiger partial charge on any atom is -0.490 e. The van der Waals surface area contributed by atoms with E-state index in [1.54, 1.807) is 0 Å². The number of carbonyl (C=O) groups excluding carboxylic acids is 1. The van der Waals surface area contributed by atoms with E-state index in [1.165, 1.54) is 5.56 Å². The minimum absolute atomic E-state index is 0.0137. The summed E-state index contributed by atoms with van der Waals surface area (Å²) in [6.45, 7) is 14.4. The molecular formula is C23H37N3O3. The zero-order valence-corrected chi connectivity index (χ0v) is 18.4. The third-order valence-corrected chi connectivity index (χ3v) is 5.69. The third-order valence-electron chi connectivity index (χ3n) is 5.69. The molecule has 2 heterocycles. The largest absolute Gasteiger partial charge is 0.490 e. The molecule has 6 heteroatoms. The van der Waals surface area contributed by atoms with Crippen molar-refractivity contribution in [3.63, 3.8) is 0 Å². The van der Waals surface area contributed by atoms with Gasteiger partial charge in [0.25, 0.3) is 0 Å². The first-order valence-electron chi connectivity index (χ1n) is 11.0. The van der Waals surface area contributed by atoms with Gasteiger partial charge in [-0.1, -0.05) is 26.0 Å². The lowest BCUT2D eigenvalue weighted by Gasteiger charge is -2.35. The van der Waals surface area contributed by atoms with Crippen molar-refractivity contribution in [1.29, 1.82) is 0 Å². The van der Waals surface area contributed by atoms with E-state index in [-0.39, 0.29) is 18.2 Å². The van der Waals surface area contributed by atoms with Gasteiger partial charge >= 0.3 is 6.03 Å². The van der Waals surface area contributed by atoms with Crippen molar-refractivity contribution in [2.75, 3.05) is 45.9 Å². The smallest absolute Gasteiger partial charge is 0.317 e. The van der Waals surface area contributed by atoms with Crippen LogP contribution in [0.5, 0.6) is 5.75 Å². The van der Waals surface area contributed by atoms with E-state index >= 15 is 0 Å². The van der Waals surface area contributed by atoms with Gasteiger partial charge in [-0.05, 0) is 37.0 Å². The number of hydrogen-bond donors (Lipinski definition) is 1. The Labute approximate surface area is 175 Å². The predicted octanol–water partition coefficient (Wildman–Crippen LogP) is 3.21. The van der Waals surface area contributed by atoms with Gasteiger partial charge in [-0.3, -0.25) is 4.90 Å². The molecule has 2 fully saturated rings. The summed E-state index contributed by atoms with van der Waals surface area (Å²) in [5.74, 6) is 1.61. The Morgan fingerprint density at radius 2 is 2.00 bits per heavy atom. The topological polar surface area (TPSA) is 54.0 Å². The molecule has 162 valence electrons. The Balaban J connectivity index is 1.39. The number of carbonyl (C=O) groups is 1. The summed E-state index contributed by atoms with van der Waals surface area (Å²) in [6, 6.07) is 6.32. The van der Waals surface area contributed by atoms with Gasteiger partial charge in [0, 0.05) is 52.1 Å². The van der Waals surface area contributed by atoms with Gasteiger partial charge in [-0.2, -0.15) is 0 Å². The van der Waals surface area contributed by atoms with Crippen LogP contribution in [0, 0.1) is 19.8 Å². The molecule has 1 aromatic carbocycles. The standard InChI is InChI=1S/C23H37N3O3/c1-17(2)15-25-11-12-28-21(16-25)14-24-23(27)26-9-7-20(8-10-26)29-22-13-18(3)5-6-19(22)4/h5-6,13,17,20-21H,7-12,14-16H2,1-4H3,(H,24,27). The summed E-state index contributed by atoms with van der Waals surface area (Å²) in [4.78, 5) is 16.9. The number of rotatable bonds is 6. The van der Waals surface area contributed by atoms with Crippen LogP contribution in [0.4, 0.5) is 4.79 Å². The molecule has 0 saturated carbocycles. The Morgan fingerprint density at radius 3 is 2.72 bits per heavy atom. The van der Waals surface area contributed by atoms with Crippen molar-refractivity contribution in [2.24, 2.45) is 5.92 Å². The summed E-state index contributed by atoms with van der Waals surface area (Å²) in [5, 5.41) is 3.07. The average Bonchev–Trinajstić information content (AvgIpc) is 2.69. The van der Waals surface area contributed by atoms with Crippen molar-refractivity contribution in [3.05, 3.63) is 29.3 Å². The lowest BCUT2D eigenvalue weighted by molar-refractivity contribution is -0.0295. The van der Waals surface area contributed by atoms with E-state index in [9.17, 15) is 4.79 Å². The van der Waals surface area contributed by atoms with Gasteiger partial charge in [0.1, 0.15) is 11.9 Å². The molecule has 2 amide bonds. The third kappa shape index (κ3) is 6.61. The molecule has 1 aromatic rings. The molecule has 1 atom stereocenters. The van der Waals surface area contributed by atoms with Crippen molar-refractivity contribution in [1.82, 2.24) is 15.1 Å². The van der Waals surface area contributed by atoms with Crippen LogP contribution in [0.2, 0.25) is 0 Å². The first-order chi connectivity index (χ1) is 13.9. The van der Waals surface area contributed by atoms with Crippen LogP contribution in [-0.4, -0.2) is 73.9 Å². The quantitative estimate of drug-likeness (QED) is 0.792. The molecule has 0 aromatic heterocycles. The summed E-state index contributed by atoms with van der Waals surface area (Å²) < 4.78 is 12.0. The number of urea groups is 1. The molecule has 0 radical (unpaired) electrons. The molecule has 0 bridgehead atoms. The highest BCUT2D eigenvalue weighted by molar-refractivity contribution is 5.74.